The molecule has 0 aliphatic carbocycles. The smallest absolute Gasteiger partial charge is 0.225 e. The van der Waals surface area contributed by atoms with Gasteiger partial charge in [0, 0.05) is 38.1 Å². The lowest BCUT2D eigenvalue weighted by molar-refractivity contribution is -0.150. The molecule has 7 heteroatoms. The highest BCUT2D eigenvalue weighted by atomic mass is 16.7. The average Bonchev–Trinajstić information content (AvgIpc) is 3.31. The SMILES string of the molecule is CCC[C@@H](C)N(CC(OC)OC)C(=O)CCOCCc1cccc(-c2cnn(C(C)C)c2)c1. The van der Waals surface area contributed by atoms with Crippen LogP contribution in [-0.4, -0.2) is 66.9 Å². The Balaban J connectivity index is 1.83. The molecule has 33 heavy (non-hydrogen) atoms. The van der Waals surface area contributed by atoms with Crippen molar-refractivity contribution in [3.63, 3.8) is 0 Å². The monoisotopic (exact) mass is 459 g/mol. The zero-order valence-electron chi connectivity index (χ0n) is 21.1. The van der Waals surface area contributed by atoms with Crippen molar-refractivity contribution < 1.29 is 19.0 Å². The first-order chi connectivity index (χ1) is 15.9. The average molecular weight is 460 g/mol. The first-order valence-electron chi connectivity index (χ1n) is 12.0. The number of benzene rings is 1. The van der Waals surface area contributed by atoms with E-state index in [2.05, 4.69) is 63.3 Å². The minimum Gasteiger partial charge on any atom is -0.381 e. The molecule has 0 radical (unpaired) electrons. The predicted octanol–water partition coefficient (Wildman–Crippen LogP) is 4.72. The van der Waals surface area contributed by atoms with Crippen molar-refractivity contribution in [3.8, 4) is 11.1 Å². The summed E-state index contributed by atoms with van der Waals surface area (Å²) >= 11 is 0. The van der Waals surface area contributed by atoms with Crippen molar-refractivity contribution in [2.45, 2.75) is 71.8 Å². The second-order valence-corrected chi connectivity index (χ2v) is 8.70. The molecule has 1 aromatic heterocycles. The summed E-state index contributed by atoms with van der Waals surface area (Å²) in [6.45, 7) is 9.83. The Labute approximate surface area is 199 Å². The van der Waals surface area contributed by atoms with Crippen LogP contribution in [0.4, 0.5) is 0 Å². The Bertz CT molecular complexity index is 832. The Morgan fingerprint density at radius 2 is 1.88 bits per heavy atom. The number of ether oxygens (including phenoxy) is 3. The van der Waals surface area contributed by atoms with Gasteiger partial charge in [0.1, 0.15) is 0 Å². The number of hydrogen-bond donors (Lipinski definition) is 0. The van der Waals surface area contributed by atoms with Gasteiger partial charge in [0.2, 0.25) is 5.91 Å². The molecule has 1 aromatic carbocycles. The van der Waals surface area contributed by atoms with Gasteiger partial charge in [-0.2, -0.15) is 5.10 Å². The fourth-order valence-electron chi connectivity index (χ4n) is 3.78. The lowest BCUT2D eigenvalue weighted by Gasteiger charge is -2.31. The molecule has 0 fully saturated rings. The van der Waals surface area contributed by atoms with Crippen LogP contribution in [0.1, 0.15) is 58.6 Å². The summed E-state index contributed by atoms with van der Waals surface area (Å²) in [5.41, 5.74) is 3.47. The normalized spacial score (nSPS) is 12.5. The molecule has 2 aromatic rings. The quantitative estimate of drug-likeness (QED) is 0.285. The molecule has 1 atom stereocenters. The zero-order valence-corrected chi connectivity index (χ0v) is 21.1. The third kappa shape index (κ3) is 8.57. The van der Waals surface area contributed by atoms with Crippen molar-refractivity contribution >= 4 is 5.91 Å². The molecule has 0 aliphatic rings. The van der Waals surface area contributed by atoms with Crippen LogP contribution in [0.2, 0.25) is 0 Å². The Morgan fingerprint density at radius 1 is 1.12 bits per heavy atom. The van der Waals surface area contributed by atoms with Gasteiger partial charge in [0.25, 0.3) is 0 Å². The van der Waals surface area contributed by atoms with E-state index in [0.29, 0.717) is 32.2 Å². The number of carbonyl (C=O) groups excluding carboxylic acids is 1. The Hall–Kier alpha value is -2.22. The van der Waals surface area contributed by atoms with Gasteiger partial charge in [0.15, 0.2) is 6.29 Å². The summed E-state index contributed by atoms with van der Waals surface area (Å²) in [4.78, 5) is 14.7. The van der Waals surface area contributed by atoms with Crippen molar-refractivity contribution in [2.75, 3.05) is 34.0 Å². The minimum absolute atomic E-state index is 0.0687. The highest BCUT2D eigenvalue weighted by Gasteiger charge is 2.23. The third-order valence-electron chi connectivity index (χ3n) is 5.82. The fourth-order valence-corrected chi connectivity index (χ4v) is 3.78. The van der Waals surface area contributed by atoms with Gasteiger partial charge in [-0.15, -0.1) is 0 Å². The van der Waals surface area contributed by atoms with Crippen LogP contribution in [0, 0.1) is 0 Å². The molecule has 0 N–H and O–H groups in total. The highest BCUT2D eigenvalue weighted by Crippen LogP contribution is 2.21. The predicted molar refractivity (Wildman–Crippen MR) is 131 cm³/mol. The van der Waals surface area contributed by atoms with Crippen LogP contribution in [0.25, 0.3) is 11.1 Å². The molecule has 184 valence electrons. The number of amides is 1. The van der Waals surface area contributed by atoms with E-state index >= 15 is 0 Å². The minimum atomic E-state index is -0.422. The number of carbonyl (C=O) groups is 1. The lowest BCUT2D eigenvalue weighted by Crippen LogP contribution is -2.44. The molecule has 0 unspecified atom stereocenters. The zero-order chi connectivity index (χ0) is 24.2. The van der Waals surface area contributed by atoms with E-state index in [-0.39, 0.29) is 11.9 Å². The molecule has 1 amide bonds. The van der Waals surface area contributed by atoms with Crippen LogP contribution >= 0.6 is 0 Å². The number of rotatable bonds is 15. The van der Waals surface area contributed by atoms with Crippen LogP contribution < -0.4 is 0 Å². The summed E-state index contributed by atoms with van der Waals surface area (Å²) < 4.78 is 18.4. The molecule has 7 nitrogen and oxygen atoms in total. The molecule has 2 rings (SSSR count). The summed E-state index contributed by atoms with van der Waals surface area (Å²) in [5, 5.41) is 4.43. The van der Waals surface area contributed by atoms with Crippen molar-refractivity contribution in [2.24, 2.45) is 0 Å². The van der Waals surface area contributed by atoms with E-state index in [1.54, 1.807) is 14.2 Å². The maximum Gasteiger partial charge on any atom is 0.225 e. The van der Waals surface area contributed by atoms with E-state index in [1.807, 2.05) is 15.8 Å². The molecule has 1 heterocycles. The van der Waals surface area contributed by atoms with Crippen LogP contribution in [0.15, 0.2) is 36.7 Å². The van der Waals surface area contributed by atoms with Crippen LogP contribution in [-0.2, 0) is 25.4 Å². The van der Waals surface area contributed by atoms with Crippen molar-refractivity contribution in [3.05, 3.63) is 42.2 Å². The van der Waals surface area contributed by atoms with Crippen molar-refractivity contribution in [1.29, 1.82) is 0 Å². The lowest BCUT2D eigenvalue weighted by atomic mass is 10.0. The summed E-state index contributed by atoms with van der Waals surface area (Å²) in [7, 11) is 3.19. The molecule has 0 saturated heterocycles. The van der Waals surface area contributed by atoms with E-state index < -0.39 is 6.29 Å². The number of aromatic nitrogens is 2. The highest BCUT2D eigenvalue weighted by molar-refractivity contribution is 5.76. The fraction of sp³-hybridized carbons (Fsp3) is 0.615. The second kappa shape index (κ2) is 14.1. The number of methoxy groups -OCH3 is 2. The van der Waals surface area contributed by atoms with Gasteiger partial charge in [0.05, 0.1) is 32.4 Å². The van der Waals surface area contributed by atoms with Crippen LogP contribution in [0.5, 0.6) is 0 Å². The summed E-state index contributed by atoms with van der Waals surface area (Å²) in [5.74, 6) is 0.0687. The van der Waals surface area contributed by atoms with E-state index in [1.165, 1.54) is 5.56 Å². The molecule has 0 spiro atoms. The number of hydrogen-bond acceptors (Lipinski definition) is 5. The topological polar surface area (TPSA) is 65.8 Å². The molecule has 0 bridgehead atoms. The molecular formula is C26H41N3O4. The Morgan fingerprint density at radius 3 is 2.52 bits per heavy atom. The van der Waals surface area contributed by atoms with E-state index in [4.69, 9.17) is 14.2 Å². The Kier molecular flexibility index (Phi) is 11.6. The van der Waals surface area contributed by atoms with E-state index in [0.717, 1.165) is 30.4 Å². The first kappa shape index (κ1) is 27.0. The molecule has 0 aliphatic heterocycles. The second-order valence-electron chi connectivity index (χ2n) is 8.70. The van der Waals surface area contributed by atoms with E-state index in [9.17, 15) is 4.79 Å². The van der Waals surface area contributed by atoms with Gasteiger partial charge in [-0.3, -0.25) is 9.48 Å². The largest absolute Gasteiger partial charge is 0.381 e. The molecular weight excluding hydrogens is 418 g/mol. The van der Waals surface area contributed by atoms with Gasteiger partial charge in [-0.1, -0.05) is 37.6 Å². The molecule has 0 saturated carbocycles. The summed E-state index contributed by atoms with van der Waals surface area (Å²) in [6.07, 6.45) is 6.67. The number of nitrogens with zero attached hydrogens (tertiary/aromatic N) is 3. The maximum atomic E-state index is 12.8. The first-order valence-corrected chi connectivity index (χ1v) is 12.0. The van der Waals surface area contributed by atoms with Gasteiger partial charge in [-0.25, -0.2) is 0 Å². The van der Waals surface area contributed by atoms with Gasteiger partial charge < -0.3 is 19.1 Å². The standard InChI is InChI=1S/C26H41N3O4/c1-7-9-21(4)28(19-26(31-5)32-6)25(30)13-15-33-14-12-22-10-8-11-23(16-22)24-17-27-29(18-24)20(2)3/h8,10-11,16-18,20-21,26H,7,9,12-15,19H2,1-6H3/t21-/m1/s1. The van der Waals surface area contributed by atoms with Crippen LogP contribution in [0.3, 0.4) is 0 Å². The van der Waals surface area contributed by atoms with Gasteiger partial charge in [-0.05, 0) is 44.7 Å². The summed E-state index contributed by atoms with van der Waals surface area (Å²) in [6, 6.07) is 8.93. The maximum absolute atomic E-state index is 12.8. The van der Waals surface area contributed by atoms with Gasteiger partial charge >= 0.3 is 0 Å². The van der Waals surface area contributed by atoms with Crippen molar-refractivity contribution in [1.82, 2.24) is 14.7 Å². The third-order valence-corrected chi connectivity index (χ3v) is 5.82.